The number of ether oxygens (including phenoxy) is 1. The maximum absolute atomic E-state index is 14.7. The Morgan fingerprint density at radius 3 is 2.59 bits per heavy atom. The molecule has 0 saturated carbocycles. The average Bonchev–Trinajstić information content (AvgIpc) is 2.93. The minimum absolute atomic E-state index is 0.0711. The van der Waals surface area contributed by atoms with E-state index >= 15 is 0 Å². The molecule has 3 heterocycles. The van der Waals surface area contributed by atoms with E-state index in [9.17, 15) is 9.18 Å². The Kier molecular flexibility index (Phi) is 6.44. The molecule has 1 unspecified atom stereocenters. The molecule has 29 heavy (non-hydrogen) atoms. The maximum atomic E-state index is 14.7. The van der Waals surface area contributed by atoms with Crippen molar-refractivity contribution in [3.05, 3.63) is 46.2 Å². The molecule has 2 aliphatic rings. The molecule has 156 valence electrons. The van der Waals surface area contributed by atoms with Gasteiger partial charge in [-0.1, -0.05) is 25.4 Å². The standard InChI is InChI=1S/C20H21ClFN3O2.C2H6/c1-11-10-25(6-7-27-11)17-9-15-18(12(2)24(3)20(15)26)19(23-17)14-5-4-13(21)8-16(14)22;1-2/h4-5,8-9,11-12H,6-7,10H2,1-3H3;1-2H3/t11-,12?;/m0./s1. The minimum Gasteiger partial charge on any atom is -0.375 e. The van der Waals surface area contributed by atoms with Gasteiger partial charge in [0.2, 0.25) is 0 Å². The summed E-state index contributed by atoms with van der Waals surface area (Å²) in [5.41, 5.74) is 2.20. The third kappa shape index (κ3) is 3.96. The number of anilines is 1. The smallest absolute Gasteiger partial charge is 0.254 e. The first-order valence-electron chi connectivity index (χ1n) is 10.0. The van der Waals surface area contributed by atoms with Gasteiger partial charge in [-0.05, 0) is 38.1 Å². The minimum atomic E-state index is -0.445. The summed E-state index contributed by atoms with van der Waals surface area (Å²) in [6, 6.07) is 6.19. The van der Waals surface area contributed by atoms with Crippen LogP contribution in [0.2, 0.25) is 5.02 Å². The van der Waals surface area contributed by atoms with Crippen molar-refractivity contribution in [2.75, 3.05) is 31.6 Å². The van der Waals surface area contributed by atoms with Gasteiger partial charge >= 0.3 is 0 Å². The van der Waals surface area contributed by atoms with Crippen LogP contribution in [-0.4, -0.2) is 48.6 Å². The van der Waals surface area contributed by atoms with Crippen LogP contribution in [-0.2, 0) is 4.74 Å². The Labute approximate surface area is 176 Å². The molecule has 4 rings (SSSR count). The SMILES string of the molecule is CC.CC1c2c(cc(N3CCO[C@@H](C)C3)nc2-c2ccc(Cl)cc2F)C(=O)N1C. The zero-order chi connectivity index (χ0) is 21.3. The normalized spacial score (nSPS) is 21.0. The number of aromatic nitrogens is 1. The number of carbonyl (C=O) groups excluding carboxylic acids is 1. The summed E-state index contributed by atoms with van der Waals surface area (Å²) >= 11 is 5.92. The van der Waals surface area contributed by atoms with Crippen molar-refractivity contribution in [2.24, 2.45) is 0 Å². The van der Waals surface area contributed by atoms with Gasteiger partial charge in [0.05, 0.1) is 30.0 Å². The molecular weight excluding hydrogens is 393 g/mol. The topological polar surface area (TPSA) is 45.7 Å². The van der Waals surface area contributed by atoms with Crippen LogP contribution in [0.3, 0.4) is 0 Å². The van der Waals surface area contributed by atoms with Gasteiger partial charge in [0, 0.05) is 36.3 Å². The largest absolute Gasteiger partial charge is 0.375 e. The molecule has 1 saturated heterocycles. The Morgan fingerprint density at radius 2 is 1.93 bits per heavy atom. The number of rotatable bonds is 2. The van der Waals surface area contributed by atoms with Crippen LogP contribution in [0.1, 0.15) is 49.7 Å². The number of hydrogen-bond donors (Lipinski definition) is 0. The van der Waals surface area contributed by atoms with E-state index in [-0.39, 0.29) is 18.1 Å². The molecule has 1 aromatic carbocycles. The molecule has 0 N–H and O–H groups in total. The molecule has 2 aliphatic heterocycles. The van der Waals surface area contributed by atoms with Crippen molar-refractivity contribution in [1.29, 1.82) is 0 Å². The van der Waals surface area contributed by atoms with Gasteiger partial charge in [-0.25, -0.2) is 9.37 Å². The number of fused-ring (bicyclic) bond motifs is 1. The summed E-state index contributed by atoms with van der Waals surface area (Å²) in [6.07, 6.45) is 0.0711. The summed E-state index contributed by atoms with van der Waals surface area (Å²) < 4.78 is 20.3. The van der Waals surface area contributed by atoms with Crippen LogP contribution in [0.25, 0.3) is 11.3 Å². The fraction of sp³-hybridized carbons (Fsp3) is 0.455. The Balaban J connectivity index is 0.00000117. The van der Waals surface area contributed by atoms with Crippen molar-refractivity contribution < 1.29 is 13.9 Å². The third-order valence-corrected chi connectivity index (χ3v) is 5.58. The van der Waals surface area contributed by atoms with Crippen LogP contribution in [0.15, 0.2) is 24.3 Å². The molecular formula is C22H27ClFN3O2. The van der Waals surface area contributed by atoms with Gasteiger partial charge in [0.25, 0.3) is 5.91 Å². The Hall–Kier alpha value is -2.18. The van der Waals surface area contributed by atoms with Crippen LogP contribution >= 0.6 is 11.6 Å². The molecule has 7 heteroatoms. The molecule has 2 aromatic rings. The number of carbonyl (C=O) groups is 1. The second-order valence-corrected chi connectivity index (χ2v) is 7.57. The first kappa shape index (κ1) is 21.5. The van der Waals surface area contributed by atoms with E-state index in [4.69, 9.17) is 21.3 Å². The van der Waals surface area contributed by atoms with Gasteiger partial charge in [0.15, 0.2) is 0 Å². The second kappa shape index (κ2) is 8.67. The fourth-order valence-electron chi connectivity index (χ4n) is 3.78. The van der Waals surface area contributed by atoms with E-state index in [1.807, 2.05) is 33.8 Å². The molecule has 2 atom stereocenters. The number of pyridine rings is 1. The summed E-state index contributed by atoms with van der Waals surface area (Å²) in [4.78, 5) is 21.3. The molecule has 0 aliphatic carbocycles. The number of benzene rings is 1. The van der Waals surface area contributed by atoms with Crippen LogP contribution in [0.4, 0.5) is 10.2 Å². The first-order chi connectivity index (χ1) is 13.9. The second-order valence-electron chi connectivity index (χ2n) is 7.13. The van der Waals surface area contributed by atoms with Crippen LogP contribution < -0.4 is 4.90 Å². The molecule has 1 fully saturated rings. The predicted molar refractivity (Wildman–Crippen MR) is 114 cm³/mol. The number of nitrogens with zero attached hydrogens (tertiary/aromatic N) is 3. The summed E-state index contributed by atoms with van der Waals surface area (Å²) in [5, 5.41) is 0.326. The molecule has 1 amide bonds. The Bertz CT molecular complexity index is 921. The van der Waals surface area contributed by atoms with Crippen molar-refractivity contribution >= 4 is 23.3 Å². The maximum Gasteiger partial charge on any atom is 0.254 e. The van der Waals surface area contributed by atoms with Gasteiger partial charge in [-0.15, -0.1) is 0 Å². The van der Waals surface area contributed by atoms with Crippen molar-refractivity contribution in [3.8, 4) is 11.3 Å². The lowest BCUT2D eigenvalue weighted by atomic mass is 9.98. The third-order valence-electron chi connectivity index (χ3n) is 5.35. The average molecular weight is 420 g/mol. The lowest BCUT2D eigenvalue weighted by molar-refractivity contribution is 0.0529. The lowest BCUT2D eigenvalue weighted by Crippen LogP contribution is -2.41. The van der Waals surface area contributed by atoms with Crippen LogP contribution in [0, 0.1) is 5.82 Å². The monoisotopic (exact) mass is 419 g/mol. The number of halogens is 2. The van der Waals surface area contributed by atoms with E-state index in [0.29, 0.717) is 47.4 Å². The highest BCUT2D eigenvalue weighted by atomic mass is 35.5. The van der Waals surface area contributed by atoms with Gasteiger partial charge in [0.1, 0.15) is 11.6 Å². The van der Waals surface area contributed by atoms with E-state index in [0.717, 1.165) is 5.56 Å². The van der Waals surface area contributed by atoms with Gasteiger partial charge < -0.3 is 14.5 Å². The van der Waals surface area contributed by atoms with E-state index in [2.05, 4.69) is 4.90 Å². The zero-order valence-corrected chi connectivity index (χ0v) is 18.3. The molecule has 0 bridgehead atoms. The van der Waals surface area contributed by atoms with E-state index in [1.54, 1.807) is 24.1 Å². The molecule has 0 radical (unpaired) electrons. The molecule has 5 nitrogen and oxygen atoms in total. The summed E-state index contributed by atoms with van der Waals surface area (Å²) in [6.45, 7) is 9.88. The summed E-state index contributed by atoms with van der Waals surface area (Å²) in [7, 11) is 1.76. The first-order valence-corrected chi connectivity index (χ1v) is 10.4. The van der Waals surface area contributed by atoms with Crippen molar-refractivity contribution in [3.63, 3.8) is 0 Å². The van der Waals surface area contributed by atoms with Gasteiger partial charge in [-0.2, -0.15) is 0 Å². The quantitative estimate of drug-likeness (QED) is 0.691. The predicted octanol–water partition coefficient (Wildman–Crippen LogP) is 4.94. The fourth-order valence-corrected chi connectivity index (χ4v) is 3.93. The summed E-state index contributed by atoms with van der Waals surface area (Å²) in [5.74, 6) is 0.154. The van der Waals surface area contributed by atoms with E-state index < -0.39 is 5.82 Å². The Morgan fingerprint density at radius 1 is 1.21 bits per heavy atom. The van der Waals surface area contributed by atoms with E-state index in [1.165, 1.54) is 6.07 Å². The van der Waals surface area contributed by atoms with Crippen molar-refractivity contribution in [2.45, 2.75) is 39.8 Å². The van der Waals surface area contributed by atoms with Gasteiger partial charge in [-0.3, -0.25) is 4.79 Å². The number of hydrogen-bond acceptors (Lipinski definition) is 4. The number of morpholine rings is 1. The molecule has 1 aromatic heterocycles. The molecule has 0 spiro atoms. The zero-order valence-electron chi connectivity index (χ0n) is 17.5. The highest BCUT2D eigenvalue weighted by Crippen LogP contribution is 2.41. The highest BCUT2D eigenvalue weighted by molar-refractivity contribution is 6.30. The van der Waals surface area contributed by atoms with Crippen molar-refractivity contribution in [1.82, 2.24) is 9.88 Å². The van der Waals surface area contributed by atoms with Crippen LogP contribution in [0.5, 0.6) is 0 Å². The lowest BCUT2D eigenvalue weighted by Gasteiger charge is -2.32. The highest BCUT2D eigenvalue weighted by Gasteiger charge is 2.36. The number of amides is 1.